The number of fused-ring (bicyclic) bond motifs is 1. The number of quaternary nitrogens is 1. The Morgan fingerprint density at radius 3 is 2.48 bits per heavy atom. The molecule has 150 valence electrons. The molecular formula is C22H23FN3O2S+. The van der Waals surface area contributed by atoms with Gasteiger partial charge in [-0.25, -0.2) is 9.37 Å². The van der Waals surface area contributed by atoms with Crippen molar-refractivity contribution >= 4 is 33.2 Å². The second kappa shape index (κ2) is 8.80. The number of rotatable bonds is 6. The van der Waals surface area contributed by atoms with E-state index in [1.54, 1.807) is 11.3 Å². The van der Waals surface area contributed by atoms with Crippen molar-refractivity contribution < 1.29 is 18.9 Å². The lowest BCUT2D eigenvalue weighted by Crippen LogP contribution is -3.13. The maximum Gasteiger partial charge on any atom is 0.223 e. The van der Waals surface area contributed by atoms with Gasteiger partial charge in [0.15, 0.2) is 5.78 Å². The summed E-state index contributed by atoms with van der Waals surface area (Å²) in [6, 6.07) is 13.6. The number of carbonyl (C=O) groups excluding carboxylic acids is 2. The van der Waals surface area contributed by atoms with Crippen LogP contribution in [0.2, 0.25) is 0 Å². The van der Waals surface area contributed by atoms with Crippen LogP contribution < -0.4 is 4.90 Å². The normalized spacial score (nSPS) is 15.0. The molecule has 5 nitrogen and oxygen atoms in total. The summed E-state index contributed by atoms with van der Waals surface area (Å²) < 4.78 is 14.2. The van der Waals surface area contributed by atoms with Crippen molar-refractivity contribution in [2.24, 2.45) is 0 Å². The van der Waals surface area contributed by atoms with Gasteiger partial charge in [0.1, 0.15) is 17.4 Å². The molecule has 1 N–H and O–H groups in total. The molecule has 1 amide bonds. The predicted octanol–water partition coefficient (Wildman–Crippen LogP) is 2.33. The van der Waals surface area contributed by atoms with E-state index in [0.717, 1.165) is 30.2 Å². The molecule has 0 unspecified atom stereocenters. The van der Waals surface area contributed by atoms with E-state index in [2.05, 4.69) is 6.07 Å². The molecule has 4 rings (SSSR count). The van der Waals surface area contributed by atoms with Crippen molar-refractivity contribution in [1.82, 2.24) is 9.88 Å². The van der Waals surface area contributed by atoms with E-state index in [0.29, 0.717) is 18.7 Å². The SMILES string of the molecule is O=C(CCC(=O)N1CC[NH+](Cc2nc3ccccc3s2)CC1)c1ccc(F)cc1. The molecule has 7 heteroatoms. The Morgan fingerprint density at radius 1 is 1.03 bits per heavy atom. The van der Waals surface area contributed by atoms with Crippen LogP contribution in [-0.4, -0.2) is 47.8 Å². The number of piperazine rings is 1. The molecule has 0 atom stereocenters. The van der Waals surface area contributed by atoms with Crippen molar-refractivity contribution in [2.45, 2.75) is 19.4 Å². The first-order chi connectivity index (χ1) is 14.1. The molecule has 0 aliphatic carbocycles. The van der Waals surface area contributed by atoms with Gasteiger partial charge in [0.05, 0.1) is 36.4 Å². The van der Waals surface area contributed by atoms with Crippen molar-refractivity contribution in [3.05, 3.63) is 64.9 Å². The third-order valence-electron chi connectivity index (χ3n) is 5.29. The Labute approximate surface area is 172 Å². The van der Waals surface area contributed by atoms with Crippen LogP contribution in [0.1, 0.15) is 28.2 Å². The molecule has 1 aromatic heterocycles. The number of ketones is 1. The number of halogens is 1. The third kappa shape index (κ3) is 4.86. The molecule has 0 saturated carbocycles. The van der Waals surface area contributed by atoms with Gasteiger partial charge in [0.25, 0.3) is 0 Å². The van der Waals surface area contributed by atoms with Crippen LogP contribution in [0.25, 0.3) is 10.2 Å². The predicted molar refractivity (Wildman–Crippen MR) is 111 cm³/mol. The highest BCUT2D eigenvalue weighted by Gasteiger charge is 2.25. The Bertz CT molecular complexity index is 977. The van der Waals surface area contributed by atoms with Gasteiger partial charge in [-0.3, -0.25) is 9.59 Å². The van der Waals surface area contributed by atoms with Crippen molar-refractivity contribution in [1.29, 1.82) is 0 Å². The van der Waals surface area contributed by atoms with Crippen LogP contribution in [0.5, 0.6) is 0 Å². The monoisotopic (exact) mass is 412 g/mol. The number of aromatic nitrogens is 1. The number of benzene rings is 2. The van der Waals surface area contributed by atoms with Crippen LogP contribution >= 0.6 is 11.3 Å². The molecule has 1 saturated heterocycles. The Morgan fingerprint density at radius 2 is 1.76 bits per heavy atom. The minimum atomic E-state index is -0.371. The van der Waals surface area contributed by atoms with Crippen molar-refractivity contribution in [3.63, 3.8) is 0 Å². The maximum absolute atomic E-state index is 13.0. The first kappa shape index (κ1) is 19.7. The van der Waals surface area contributed by atoms with Crippen LogP contribution in [0.3, 0.4) is 0 Å². The third-order valence-corrected chi connectivity index (χ3v) is 6.33. The molecular weight excluding hydrogens is 389 g/mol. The summed E-state index contributed by atoms with van der Waals surface area (Å²) in [6.45, 7) is 4.04. The molecule has 1 fully saturated rings. The largest absolute Gasteiger partial charge is 0.331 e. The standard InChI is InChI=1S/C22H22FN3O2S/c23-17-7-5-16(6-8-17)19(27)9-10-22(28)26-13-11-25(12-14-26)15-21-24-18-3-1-2-4-20(18)29-21/h1-8H,9-15H2/p+1. The lowest BCUT2D eigenvalue weighted by molar-refractivity contribution is -0.917. The Balaban J connectivity index is 1.24. The first-order valence-corrected chi connectivity index (χ1v) is 10.6. The van der Waals surface area contributed by atoms with Crippen LogP contribution in [0, 0.1) is 5.82 Å². The van der Waals surface area contributed by atoms with Crippen LogP contribution in [-0.2, 0) is 11.3 Å². The highest BCUT2D eigenvalue weighted by molar-refractivity contribution is 7.18. The zero-order valence-corrected chi connectivity index (χ0v) is 16.9. The van der Waals surface area contributed by atoms with Crippen molar-refractivity contribution in [2.75, 3.05) is 26.2 Å². The van der Waals surface area contributed by atoms with Gasteiger partial charge in [0, 0.05) is 18.4 Å². The fourth-order valence-electron chi connectivity index (χ4n) is 3.62. The lowest BCUT2D eigenvalue weighted by Gasteiger charge is -2.31. The van der Waals surface area contributed by atoms with E-state index in [-0.39, 0.29) is 30.3 Å². The molecule has 2 heterocycles. The van der Waals surface area contributed by atoms with E-state index in [9.17, 15) is 14.0 Å². The Kier molecular flexibility index (Phi) is 5.97. The second-order valence-corrected chi connectivity index (χ2v) is 8.43. The van der Waals surface area contributed by atoms with E-state index < -0.39 is 0 Å². The molecule has 29 heavy (non-hydrogen) atoms. The quantitative estimate of drug-likeness (QED) is 0.633. The molecule has 2 aromatic carbocycles. The van der Waals surface area contributed by atoms with Crippen molar-refractivity contribution in [3.8, 4) is 0 Å². The number of thiazole rings is 1. The number of nitrogens with one attached hydrogen (secondary N) is 1. The zero-order chi connectivity index (χ0) is 20.2. The second-order valence-electron chi connectivity index (χ2n) is 7.31. The smallest absolute Gasteiger partial charge is 0.223 e. The number of nitrogens with zero attached hydrogens (tertiary/aromatic N) is 2. The summed E-state index contributed by atoms with van der Waals surface area (Å²) >= 11 is 1.73. The van der Waals surface area contributed by atoms with E-state index in [1.165, 1.54) is 33.9 Å². The summed E-state index contributed by atoms with van der Waals surface area (Å²) in [6.07, 6.45) is 0.354. The first-order valence-electron chi connectivity index (χ1n) is 9.83. The van der Waals surface area contributed by atoms with Crippen LogP contribution in [0.4, 0.5) is 4.39 Å². The van der Waals surface area contributed by atoms with E-state index in [4.69, 9.17) is 4.98 Å². The molecule has 0 bridgehead atoms. The molecule has 3 aromatic rings. The van der Waals surface area contributed by atoms with Gasteiger partial charge in [-0.1, -0.05) is 12.1 Å². The Hall–Kier alpha value is -2.64. The summed E-state index contributed by atoms with van der Waals surface area (Å²) in [7, 11) is 0. The van der Waals surface area contributed by atoms with Gasteiger partial charge >= 0.3 is 0 Å². The average molecular weight is 413 g/mol. The lowest BCUT2D eigenvalue weighted by atomic mass is 10.1. The number of hydrogen-bond acceptors (Lipinski definition) is 4. The van der Waals surface area contributed by atoms with E-state index >= 15 is 0 Å². The highest BCUT2D eigenvalue weighted by Crippen LogP contribution is 2.20. The number of para-hydroxylation sites is 1. The minimum absolute atomic E-state index is 0.0134. The number of hydrogen-bond donors (Lipinski definition) is 1. The van der Waals surface area contributed by atoms with Gasteiger partial charge in [-0.05, 0) is 36.4 Å². The summed E-state index contributed by atoms with van der Waals surface area (Å²) in [5.41, 5.74) is 1.50. The number of amides is 1. The van der Waals surface area contributed by atoms with E-state index in [1.807, 2.05) is 23.1 Å². The van der Waals surface area contributed by atoms with Gasteiger partial charge in [0.2, 0.25) is 5.91 Å². The van der Waals surface area contributed by atoms with Crippen LogP contribution in [0.15, 0.2) is 48.5 Å². The minimum Gasteiger partial charge on any atom is -0.331 e. The molecule has 1 aliphatic heterocycles. The summed E-state index contributed by atoms with van der Waals surface area (Å²) in [5, 5.41) is 1.13. The topological polar surface area (TPSA) is 54.7 Å². The molecule has 0 radical (unpaired) electrons. The number of Topliss-reactive ketones (excluding diaryl/α,β-unsaturated/α-hetero) is 1. The molecule has 1 aliphatic rings. The van der Waals surface area contributed by atoms with Gasteiger partial charge in [-0.15, -0.1) is 11.3 Å². The maximum atomic E-state index is 13.0. The zero-order valence-electron chi connectivity index (χ0n) is 16.1. The average Bonchev–Trinajstić information content (AvgIpc) is 3.15. The fourth-order valence-corrected chi connectivity index (χ4v) is 4.66. The summed E-state index contributed by atoms with van der Waals surface area (Å²) in [4.78, 5) is 32.6. The number of carbonyl (C=O) groups is 2. The summed E-state index contributed by atoms with van der Waals surface area (Å²) in [5.74, 6) is -0.484. The van der Waals surface area contributed by atoms with Gasteiger partial charge in [-0.2, -0.15) is 0 Å². The van der Waals surface area contributed by atoms with Gasteiger partial charge < -0.3 is 9.80 Å². The molecule has 0 spiro atoms. The highest BCUT2D eigenvalue weighted by atomic mass is 32.1. The fraction of sp³-hybridized carbons (Fsp3) is 0.318.